The molecular formula is C14H27BOS. The quantitative estimate of drug-likeness (QED) is 0.659. The Morgan fingerprint density at radius 3 is 2.53 bits per heavy atom. The Morgan fingerprint density at radius 2 is 1.82 bits per heavy atom. The van der Waals surface area contributed by atoms with Gasteiger partial charge in [0.2, 0.25) is 0 Å². The van der Waals surface area contributed by atoms with Gasteiger partial charge in [0.25, 0.3) is 0 Å². The highest BCUT2D eigenvalue weighted by Gasteiger charge is 2.36. The van der Waals surface area contributed by atoms with Crippen molar-refractivity contribution in [2.45, 2.75) is 83.1 Å². The van der Waals surface area contributed by atoms with E-state index in [1.807, 2.05) is 0 Å². The van der Waals surface area contributed by atoms with Crippen LogP contribution in [-0.2, 0) is 4.65 Å². The summed E-state index contributed by atoms with van der Waals surface area (Å²) in [6.45, 7) is 2.27. The van der Waals surface area contributed by atoms with Crippen molar-refractivity contribution in [3.05, 3.63) is 0 Å². The first-order valence-corrected chi connectivity index (χ1v) is 8.72. The maximum atomic E-state index is 6.26. The van der Waals surface area contributed by atoms with Crippen molar-refractivity contribution < 1.29 is 4.65 Å². The van der Waals surface area contributed by atoms with Gasteiger partial charge in [-0.05, 0) is 12.2 Å². The van der Waals surface area contributed by atoms with E-state index in [2.05, 4.69) is 18.5 Å². The second-order valence-electron chi connectivity index (χ2n) is 5.71. The molecule has 2 rings (SSSR count). The Morgan fingerprint density at radius 1 is 1.12 bits per heavy atom. The first-order valence-electron chi connectivity index (χ1n) is 7.67. The summed E-state index contributed by atoms with van der Waals surface area (Å²) in [7, 11) is 0. The molecule has 0 aromatic heterocycles. The van der Waals surface area contributed by atoms with Crippen LogP contribution in [0, 0.1) is 0 Å². The predicted molar refractivity (Wildman–Crippen MR) is 78.7 cm³/mol. The second kappa shape index (κ2) is 7.73. The molecule has 0 bridgehead atoms. The number of hydrogen-bond donors (Lipinski definition) is 0. The first kappa shape index (κ1) is 13.8. The van der Waals surface area contributed by atoms with Crippen molar-refractivity contribution in [1.82, 2.24) is 0 Å². The van der Waals surface area contributed by atoms with Crippen molar-refractivity contribution in [2.75, 3.05) is 5.75 Å². The van der Waals surface area contributed by atoms with Crippen molar-refractivity contribution >= 4 is 17.8 Å². The van der Waals surface area contributed by atoms with Crippen LogP contribution >= 0.6 is 11.6 Å². The van der Waals surface area contributed by atoms with E-state index in [1.54, 1.807) is 0 Å². The lowest BCUT2D eigenvalue weighted by molar-refractivity contribution is 0.221. The zero-order chi connectivity index (χ0) is 11.9. The zero-order valence-electron chi connectivity index (χ0n) is 11.3. The minimum Gasteiger partial charge on any atom is -0.422 e. The summed E-state index contributed by atoms with van der Waals surface area (Å²) in [5.41, 5.74) is 0. The van der Waals surface area contributed by atoms with E-state index in [0.29, 0.717) is 12.3 Å². The summed E-state index contributed by atoms with van der Waals surface area (Å²) in [6.07, 6.45) is 15.1. The molecule has 0 aromatic carbocycles. The maximum Gasteiger partial charge on any atom is 0.364 e. The van der Waals surface area contributed by atoms with Crippen molar-refractivity contribution in [2.24, 2.45) is 0 Å². The Labute approximate surface area is 111 Å². The molecular weight excluding hydrogens is 227 g/mol. The molecule has 0 radical (unpaired) electrons. The molecule has 0 amide bonds. The molecule has 1 aliphatic carbocycles. The highest BCUT2D eigenvalue weighted by atomic mass is 32.2. The van der Waals surface area contributed by atoms with Gasteiger partial charge in [0.15, 0.2) is 0 Å². The minimum atomic E-state index is 0.537. The Balaban J connectivity index is 1.73. The van der Waals surface area contributed by atoms with Gasteiger partial charge >= 0.3 is 6.19 Å². The zero-order valence-corrected chi connectivity index (χ0v) is 12.1. The second-order valence-corrected chi connectivity index (χ2v) is 6.84. The predicted octanol–water partition coefficient (Wildman–Crippen LogP) is 4.91. The van der Waals surface area contributed by atoms with E-state index in [1.165, 1.54) is 70.0 Å². The van der Waals surface area contributed by atoms with Gasteiger partial charge in [0, 0.05) is 11.9 Å². The van der Waals surface area contributed by atoms with Crippen LogP contribution in [0.5, 0.6) is 0 Å². The average Bonchev–Trinajstić information content (AvgIpc) is 2.74. The Kier molecular flexibility index (Phi) is 6.28. The van der Waals surface area contributed by atoms with Crippen LogP contribution in [0.2, 0.25) is 5.82 Å². The van der Waals surface area contributed by atoms with Crippen LogP contribution in [0.3, 0.4) is 0 Å². The standard InChI is InChI=1S/C14H27BOS/c1-2-3-11-14-12-17-15(16-14)13-9-7-5-4-6-8-10-13/h13-14H,2-12H2,1H3. The molecule has 0 spiro atoms. The summed E-state index contributed by atoms with van der Waals surface area (Å²) in [5.74, 6) is 2.10. The van der Waals surface area contributed by atoms with Crippen molar-refractivity contribution in [3.63, 3.8) is 0 Å². The molecule has 3 heteroatoms. The lowest BCUT2D eigenvalue weighted by atomic mass is 9.70. The monoisotopic (exact) mass is 254 g/mol. The van der Waals surface area contributed by atoms with Gasteiger partial charge in [-0.1, -0.05) is 64.7 Å². The lowest BCUT2D eigenvalue weighted by Gasteiger charge is -2.22. The Bertz CT molecular complexity index is 204. The van der Waals surface area contributed by atoms with Crippen LogP contribution in [0.4, 0.5) is 0 Å². The van der Waals surface area contributed by atoms with Crippen LogP contribution in [0.25, 0.3) is 0 Å². The normalized spacial score (nSPS) is 28.1. The largest absolute Gasteiger partial charge is 0.422 e. The first-order chi connectivity index (χ1) is 8.40. The molecule has 2 fully saturated rings. The summed E-state index contributed by atoms with van der Waals surface area (Å²) in [5, 5.41) is 0. The molecule has 1 heterocycles. The number of unbranched alkanes of at least 4 members (excludes halogenated alkanes) is 1. The van der Waals surface area contributed by atoms with Gasteiger partial charge in [-0.25, -0.2) is 0 Å². The molecule has 0 aromatic rings. The molecule has 1 atom stereocenters. The fourth-order valence-electron chi connectivity index (χ4n) is 3.06. The van der Waals surface area contributed by atoms with Gasteiger partial charge in [0.05, 0.1) is 0 Å². The summed E-state index contributed by atoms with van der Waals surface area (Å²) in [6, 6.07) is 0. The SMILES string of the molecule is CCCCC1CSB(C2CCCCCCC2)O1. The molecule has 1 saturated heterocycles. The van der Waals surface area contributed by atoms with Gasteiger partial charge < -0.3 is 4.65 Å². The van der Waals surface area contributed by atoms with Gasteiger partial charge in [-0.15, -0.1) is 0 Å². The van der Waals surface area contributed by atoms with E-state index in [0.717, 1.165) is 5.82 Å². The molecule has 2 aliphatic rings. The van der Waals surface area contributed by atoms with E-state index >= 15 is 0 Å². The third-order valence-electron chi connectivity index (χ3n) is 4.19. The van der Waals surface area contributed by atoms with Crippen LogP contribution < -0.4 is 0 Å². The third kappa shape index (κ3) is 4.52. The van der Waals surface area contributed by atoms with Gasteiger partial charge in [0.1, 0.15) is 0 Å². The van der Waals surface area contributed by atoms with E-state index in [-0.39, 0.29) is 0 Å². The van der Waals surface area contributed by atoms with Crippen molar-refractivity contribution in [3.8, 4) is 0 Å². The molecule has 17 heavy (non-hydrogen) atoms. The molecule has 1 saturated carbocycles. The van der Waals surface area contributed by atoms with Crippen LogP contribution in [0.15, 0.2) is 0 Å². The average molecular weight is 254 g/mol. The minimum absolute atomic E-state index is 0.537. The van der Waals surface area contributed by atoms with E-state index in [4.69, 9.17) is 4.65 Å². The van der Waals surface area contributed by atoms with Crippen LogP contribution in [-0.4, -0.2) is 18.1 Å². The topological polar surface area (TPSA) is 9.23 Å². The molecule has 1 unspecified atom stereocenters. The Hall–Kier alpha value is 0.375. The highest BCUT2D eigenvalue weighted by Crippen LogP contribution is 2.39. The van der Waals surface area contributed by atoms with E-state index in [9.17, 15) is 0 Å². The van der Waals surface area contributed by atoms with Gasteiger partial charge in [-0.3, -0.25) is 0 Å². The number of hydrogen-bond acceptors (Lipinski definition) is 2. The molecule has 0 N–H and O–H groups in total. The van der Waals surface area contributed by atoms with Crippen molar-refractivity contribution in [1.29, 1.82) is 0 Å². The summed E-state index contributed by atoms with van der Waals surface area (Å²) in [4.78, 5) is 0. The maximum absolute atomic E-state index is 6.26. The smallest absolute Gasteiger partial charge is 0.364 e. The third-order valence-corrected chi connectivity index (χ3v) is 5.58. The fraction of sp³-hybridized carbons (Fsp3) is 1.00. The lowest BCUT2D eigenvalue weighted by Crippen LogP contribution is -2.21. The van der Waals surface area contributed by atoms with Gasteiger partial charge in [-0.2, -0.15) is 11.6 Å². The summed E-state index contributed by atoms with van der Waals surface area (Å²) >= 11 is 2.10. The molecule has 1 aliphatic heterocycles. The van der Waals surface area contributed by atoms with E-state index < -0.39 is 0 Å². The highest BCUT2D eigenvalue weighted by molar-refractivity contribution is 8.25. The summed E-state index contributed by atoms with van der Waals surface area (Å²) < 4.78 is 6.26. The molecule has 98 valence electrons. The fourth-order valence-corrected chi connectivity index (χ4v) is 4.49. The van der Waals surface area contributed by atoms with Crippen LogP contribution in [0.1, 0.15) is 71.1 Å². The molecule has 1 nitrogen and oxygen atoms in total. The number of rotatable bonds is 4.